The Balaban J connectivity index is 0.00000289. The van der Waals surface area contributed by atoms with E-state index in [-0.39, 0.29) is 30.3 Å². The fourth-order valence-corrected chi connectivity index (χ4v) is 2.57. The monoisotopic (exact) mass is 276 g/mol. The highest BCUT2D eigenvalue weighted by molar-refractivity contribution is 5.85. The van der Waals surface area contributed by atoms with E-state index in [1.807, 2.05) is 13.8 Å². The Kier molecular flexibility index (Phi) is 7.88. The van der Waals surface area contributed by atoms with Gasteiger partial charge in [-0.3, -0.25) is 4.79 Å². The van der Waals surface area contributed by atoms with Gasteiger partial charge in [-0.25, -0.2) is 0 Å². The van der Waals surface area contributed by atoms with Crippen LogP contribution in [0.5, 0.6) is 0 Å². The Morgan fingerprint density at radius 2 is 1.89 bits per heavy atom. The normalized spacial score (nSPS) is 23.4. The van der Waals surface area contributed by atoms with Crippen molar-refractivity contribution in [2.75, 3.05) is 6.54 Å². The lowest BCUT2D eigenvalue weighted by atomic mass is 9.92. The minimum atomic E-state index is -0.0530. The number of nitrogens with zero attached hydrogens (tertiary/aromatic N) is 1. The number of amides is 1. The van der Waals surface area contributed by atoms with Crippen LogP contribution < -0.4 is 5.73 Å². The van der Waals surface area contributed by atoms with Crippen LogP contribution in [0.2, 0.25) is 0 Å². The lowest BCUT2D eigenvalue weighted by molar-refractivity contribution is -0.139. The Hall–Kier alpha value is -0.280. The zero-order valence-electron chi connectivity index (χ0n) is 12.2. The SMILES string of the molecule is CC(C)CC1CCCCN1C(=O)C(C)C(C)N.Cl. The molecule has 1 aliphatic heterocycles. The molecule has 1 saturated heterocycles. The van der Waals surface area contributed by atoms with Crippen LogP contribution in [0.3, 0.4) is 0 Å². The molecule has 0 spiro atoms. The lowest BCUT2D eigenvalue weighted by Crippen LogP contribution is -2.49. The van der Waals surface area contributed by atoms with Crippen LogP contribution in [0.15, 0.2) is 0 Å². The number of halogens is 1. The lowest BCUT2D eigenvalue weighted by Gasteiger charge is -2.38. The molecule has 3 unspecified atom stereocenters. The number of carbonyl (C=O) groups excluding carboxylic acids is 1. The Labute approximate surface area is 118 Å². The fourth-order valence-electron chi connectivity index (χ4n) is 2.57. The molecule has 0 aromatic carbocycles. The van der Waals surface area contributed by atoms with Gasteiger partial charge in [-0.05, 0) is 38.5 Å². The van der Waals surface area contributed by atoms with Gasteiger partial charge in [0.05, 0.1) is 5.92 Å². The maximum atomic E-state index is 12.4. The number of hydrogen-bond donors (Lipinski definition) is 1. The molecule has 0 radical (unpaired) electrons. The average Bonchev–Trinajstić information content (AvgIpc) is 2.27. The molecule has 1 heterocycles. The van der Waals surface area contributed by atoms with Gasteiger partial charge in [0.25, 0.3) is 0 Å². The topological polar surface area (TPSA) is 46.3 Å². The van der Waals surface area contributed by atoms with Gasteiger partial charge in [-0.2, -0.15) is 0 Å². The highest BCUT2D eigenvalue weighted by Gasteiger charge is 2.30. The van der Waals surface area contributed by atoms with Crippen LogP contribution in [-0.2, 0) is 4.79 Å². The second-order valence-corrected chi connectivity index (χ2v) is 5.96. The van der Waals surface area contributed by atoms with E-state index >= 15 is 0 Å². The Morgan fingerprint density at radius 3 is 2.39 bits per heavy atom. The number of carbonyl (C=O) groups is 1. The first kappa shape index (κ1) is 17.7. The van der Waals surface area contributed by atoms with Gasteiger partial charge in [-0.1, -0.05) is 20.8 Å². The van der Waals surface area contributed by atoms with E-state index in [0.29, 0.717) is 12.0 Å². The minimum absolute atomic E-state index is 0. The molecular formula is C14H29ClN2O. The molecule has 4 heteroatoms. The third-order valence-corrected chi connectivity index (χ3v) is 3.83. The molecule has 1 amide bonds. The predicted molar refractivity (Wildman–Crippen MR) is 78.9 cm³/mol. The van der Waals surface area contributed by atoms with Crippen LogP contribution in [0, 0.1) is 11.8 Å². The van der Waals surface area contributed by atoms with Gasteiger partial charge < -0.3 is 10.6 Å². The standard InChI is InChI=1S/C14H28N2O.ClH/c1-10(2)9-13-7-5-6-8-16(13)14(17)11(3)12(4)15;/h10-13H,5-9,15H2,1-4H3;1H. The average molecular weight is 277 g/mol. The van der Waals surface area contributed by atoms with Crippen molar-refractivity contribution in [2.45, 2.75) is 65.5 Å². The molecule has 3 atom stereocenters. The highest BCUT2D eigenvalue weighted by atomic mass is 35.5. The van der Waals surface area contributed by atoms with Gasteiger partial charge in [0.2, 0.25) is 5.91 Å². The van der Waals surface area contributed by atoms with Gasteiger partial charge in [-0.15, -0.1) is 12.4 Å². The van der Waals surface area contributed by atoms with Gasteiger partial charge in [0.1, 0.15) is 0 Å². The molecule has 0 saturated carbocycles. The number of hydrogen-bond acceptors (Lipinski definition) is 2. The number of nitrogens with two attached hydrogens (primary N) is 1. The summed E-state index contributed by atoms with van der Waals surface area (Å²) in [5.41, 5.74) is 5.84. The summed E-state index contributed by atoms with van der Waals surface area (Å²) >= 11 is 0. The second kappa shape index (κ2) is 8.00. The zero-order chi connectivity index (χ0) is 13.0. The van der Waals surface area contributed by atoms with Crippen LogP contribution in [-0.4, -0.2) is 29.4 Å². The first-order valence-electron chi connectivity index (χ1n) is 6.99. The highest BCUT2D eigenvalue weighted by Crippen LogP contribution is 2.24. The summed E-state index contributed by atoms with van der Waals surface area (Å²) in [7, 11) is 0. The zero-order valence-corrected chi connectivity index (χ0v) is 13.0. The molecular weight excluding hydrogens is 248 g/mol. The van der Waals surface area contributed by atoms with E-state index in [1.54, 1.807) is 0 Å². The van der Waals surface area contributed by atoms with Gasteiger partial charge >= 0.3 is 0 Å². The predicted octanol–water partition coefficient (Wildman–Crippen LogP) is 2.82. The number of rotatable bonds is 4. The Bertz CT molecular complexity index is 256. The summed E-state index contributed by atoms with van der Waals surface area (Å²) in [6, 6.07) is 0.390. The maximum absolute atomic E-state index is 12.4. The molecule has 108 valence electrons. The first-order valence-corrected chi connectivity index (χ1v) is 6.99. The largest absolute Gasteiger partial charge is 0.339 e. The smallest absolute Gasteiger partial charge is 0.227 e. The Morgan fingerprint density at radius 1 is 1.28 bits per heavy atom. The summed E-state index contributed by atoms with van der Waals surface area (Å²) in [5.74, 6) is 0.854. The van der Waals surface area contributed by atoms with Crippen LogP contribution in [0.25, 0.3) is 0 Å². The van der Waals surface area contributed by atoms with Crippen LogP contribution >= 0.6 is 12.4 Å². The van der Waals surface area contributed by atoms with Crippen molar-refractivity contribution in [3.05, 3.63) is 0 Å². The molecule has 0 aromatic rings. The molecule has 18 heavy (non-hydrogen) atoms. The molecule has 0 bridgehead atoms. The van der Waals surface area contributed by atoms with Crippen molar-refractivity contribution in [3.63, 3.8) is 0 Å². The molecule has 3 nitrogen and oxygen atoms in total. The summed E-state index contributed by atoms with van der Waals surface area (Å²) in [6.45, 7) is 9.25. The first-order chi connectivity index (χ1) is 7.93. The van der Waals surface area contributed by atoms with E-state index in [9.17, 15) is 4.79 Å². The molecule has 1 aliphatic rings. The van der Waals surface area contributed by atoms with E-state index < -0.39 is 0 Å². The van der Waals surface area contributed by atoms with Crippen molar-refractivity contribution in [2.24, 2.45) is 17.6 Å². The van der Waals surface area contributed by atoms with Gasteiger partial charge in [0.15, 0.2) is 0 Å². The van der Waals surface area contributed by atoms with E-state index in [4.69, 9.17) is 5.73 Å². The number of likely N-dealkylation sites (tertiary alicyclic amines) is 1. The second-order valence-electron chi connectivity index (χ2n) is 5.96. The summed E-state index contributed by atoms with van der Waals surface area (Å²) < 4.78 is 0. The summed E-state index contributed by atoms with van der Waals surface area (Å²) in [4.78, 5) is 14.5. The van der Waals surface area contributed by atoms with Crippen LogP contribution in [0.1, 0.15) is 53.4 Å². The molecule has 2 N–H and O–H groups in total. The van der Waals surface area contributed by atoms with E-state index in [0.717, 1.165) is 25.8 Å². The van der Waals surface area contributed by atoms with Crippen molar-refractivity contribution in [1.29, 1.82) is 0 Å². The maximum Gasteiger partial charge on any atom is 0.227 e. The minimum Gasteiger partial charge on any atom is -0.339 e. The molecule has 1 fully saturated rings. The number of piperidine rings is 1. The molecule has 0 aromatic heterocycles. The fraction of sp³-hybridized carbons (Fsp3) is 0.929. The van der Waals surface area contributed by atoms with Crippen molar-refractivity contribution in [1.82, 2.24) is 4.90 Å². The van der Waals surface area contributed by atoms with E-state index in [1.165, 1.54) is 6.42 Å². The quantitative estimate of drug-likeness (QED) is 0.858. The third kappa shape index (κ3) is 4.77. The molecule has 1 rings (SSSR count). The molecule has 0 aliphatic carbocycles. The van der Waals surface area contributed by atoms with Crippen molar-refractivity contribution >= 4 is 18.3 Å². The summed E-state index contributed by atoms with van der Waals surface area (Å²) in [6.07, 6.45) is 4.69. The van der Waals surface area contributed by atoms with Gasteiger partial charge in [0, 0.05) is 18.6 Å². The van der Waals surface area contributed by atoms with E-state index in [2.05, 4.69) is 18.7 Å². The van der Waals surface area contributed by atoms with Crippen molar-refractivity contribution in [3.8, 4) is 0 Å². The third-order valence-electron chi connectivity index (χ3n) is 3.83. The van der Waals surface area contributed by atoms with Crippen LogP contribution in [0.4, 0.5) is 0 Å². The summed E-state index contributed by atoms with van der Waals surface area (Å²) in [5, 5.41) is 0. The van der Waals surface area contributed by atoms with Crippen molar-refractivity contribution < 1.29 is 4.79 Å².